The molecule has 0 saturated carbocycles. The number of nitrogens with zero attached hydrogens (tertiary/aromatic N) is 1. The zero-order valence-electron chi connectivity index (χ0n) is 11.7. The van der Waals surface area contributed by atoms with E-state index in [-0.39, 0.29) is 11.9 Å². The van der Waals surface area contributed by atoms with Gasteiger partial charge in [-0.05, 0) is 36.3 Å². The van der Waals surface area contributed by atoms with E-state index < -0.39 is 0 Å². The van der Waals surface area contributed by atoms with Gasteiger partial charge in [0, 0.05) is 19.6 Å². The van der Waals surface area contributed by atoms with Crippen LogP contribution < -0.4 is 5.32 Å². The van der Waals surface area contributed by atoms with Crippen LogP contribution in [0.15, 0.2) is 24.3 Å². The van der Waals surface area contributed by atoms with Crippen LogP contribution in [0.2, 0.25) is 0 Å². The largest absolute Gasteiger partial charge is 0.344 e. The number of fused-ring (bicyclic) bond motifs is 1. The maximum absolute atomic E-state index is 12.0. The summed E-state index contributed by atoms with van der Waals surface area (Å²) in [5, 5.41) is 3.58. The number of benzene rings is 1. The van der Waals surface area contributed by atoms with E-state index >= 15 is 0 Å². The van der Waals surface area contributed by atoms with Crippen molar-refractivity contribution in [2.24, 2.45) is 0 Å². The number of carbonyl (C=O) groups excluding carboxylic acids is 1. The van der Waals surface area contributed by atoms with E-state index in [0.717, 1.165) is 19.4 Å². The molecule has 1 aromatic carbocycles. The van der Waals surface area contributed by atoms with Crippen LogP contribution in [0.5, 0.6) is 0 Å². The summed E-state index contributed by atoms with van der Waals surface area (Å²) in [6.07, 6.45) is 3.26. The average Bonchev–Trinajstić information content (AvgIpc) is 2.74. The van der Waals surface area contributed by atoms with Crippen molar-refractivity contribution in [2.45, 2.75) is 44.2 Å². The van der Waals surface area contributed by atoms with Crippen molar-refractivity contribution >= 4 is 5.91 Å². The Hall–Kier alpha value is -1.35. The lowest BCUT2D eigenvalue weighted by molar-refractivity contribution is -0.128. The van der Waals surface area contributed by atoms with Crippen LogP contribution in [0.3, 0.4) is 0 Å². The van der Waals surface area contributed by atoms with Gasteiger partial charge in [-0.2, -0.15) is 0 Å². The number of likely N-dealkylation sites (N-methyl/N-ethyl adjacent to an activating group) is 1. The second-order valence-electron chi connectivity index (χ2n) is 5.93. The SMILES string of the molecule is CC1CCC(NC2CCN(C)C2=O)c2ccccc21. The minimum Gasteiger partial charge on any atom is -0.344 e. The van der Waals surface area contributed by atoms with Gasteiger partial charge in [0.15, 0.2) is 0 Å². The molecule has 3 nitrogen and oxygen atoms in total. The molecule has 1 N–H and O–H groups in total. The van der Waals surface area contributed by atoms with Crippen LogP contribution in [-0.2, 0) is 4.79 Å². The zero-order chi connectivity index (χ0) is 13.4. The smallest absolute Gasteiger partial charge is 0.239 e. The van der Waals surface area contributed by atoms with Gasteiger partial charge in [0.05, 0.1) is 6.04 Å². The Morgan fingerprint density at radius 1 is 1.11 bits per heavy atom. The molecular weight excluding hydrogens is 236 g/mol. The van der Waals surface area contributed by atoms with Crippen molar-refractivity contribution < 1.29 is 4.79 Å². The summed E-state index contributed by atoms with van der Waals surface area (Å²) in [5.41, 5.74) is 2.84. The zero-order valence-corrected chi connectivity index (χ0v) is 11.7. The molecule has 1 saturated heterocycles. The standard InChI is InChI=1S/C16H22N2O/c1-11-7-8-14(13-6-4-3-5-12(11)13)17-15-9-10-18(2)16(15)19/h3-6,11,14-15,17H,7-10H2,1-2H3. The molecule has 102 valence electrons. The Morgan fingerprint density at radius 3 is 2.53 bits per heavy atom. The molecule has 1 aromatic rings. The first-order valence-electron chi connectivity index (χ1n) is 7.26. The molecular formula is C16H22N2O. The number of carbonyl (C=O) groups is 1. The number of nitrogens with one attached hydrogen (secondary N) is 1. The van der Waals surface area contributed by atoms with E-state index in [2.05, 4.69) is 36.5 Å². The third kappa shape index (κ3) is 2.27. The Labute approximate surface area is 115 Å². The lowest BCUT2D eigenvalue weighted by atomic mass is 9.81. The molecule has 3 atom stereocenters. The number of rotatable bonds is 2. The molecule has 1 fully saturated rings. The highest BCUT2D eigenvalue weighted by molar-refractivity contribution is 5.83. The minimum absolute atomic E-state index is 0.0106. The second kappa shape index (κ2) is 4.97. The molecule has 1 aliphatic heterocycles. The third-order valence-electron chi connectivity index (χ3n) is 4.62. The fourth-order valence-electron chi connectivity index (χ4n) is 3.40. The van der Waals surface area contributed by atoms with Gasteiger partial charge in [-0.3, -0.25) is 10.1 Å². The van der Waals surface area contributed by atoms with Gasteiger partial charge in [-0.1, -0.05) is 31.2 Å². The maximum Gasteiger partial charge on any atom is 0.239 e. The van der Waals surface area contributed by atoms with Crippen molar-refractivity contribution in [3.63, 3.8) is 0 Å². The monoisotopic (exact) mass is 258 g/mol. The normalized spacial score (nSPS) is 30.5. The Morgan fingerprint density at radius 2 is 1.84 bits per heavy atom. The van der Waals surface area contributed by atoms with E-state index in [1.165, 1.54) is 17.5 Å². The third-order valence-corrected chi connectivity index (χ3v) is 4.62. The Balaban J connectivity index is 1.80. The van der Waals surface area contributed by atoms with Crippen LogP contribution in [-0.4, -0.2) is 30.4 Å². The summed E-state index contributed by atoms with van der Waals surface area (Å²) in [4.78, 5) is 13.8. The summed E-state index contributed by atoms with van der Waals surface area (Å²) in [6, 6.07) is 9.02. The highest BCUT2D eigenvalue weighted by Gasteiger charge is 2.33. The summed E-state index contributed by atoms with van der Waals surface area (Å²) in [7, 11) is 1.89. The molecule has 1 amide bonds. The first kappa shape index (κ1) is 12.7. The van der Waals surface area contributed by atoms with E-state index in [0.29, 0.717) is 12.0 Å². The van der Waals surface area contributed by atoms with Gasteiger partial charge < -0.3 is 4.90 Å². The minimum atomic E-state index is 0.0106. The highest BCUT2D eigenvalue weighted by Crippen LogP contribution is 2.37. The lowest BCUT2D eigenvalue weighted by Crippen LogP contribution is -2.40. The van der Waals surface area contributed by atoms with Crippen LogP contribution in [0, 0.1) is 0 Å². The molecule has 1 aliphatic carbocycles. The van der Waals surface area contributed by atoms with Crippen molar-refractivity contribution in [2.75, 3.05) is 13.6 Å². The molecule has 3 rings (SSSR count). The topological polar surface area (TPSA) is 32.3 Å². The summed E-state index contributed by atoms with van der Waals surface area (Å²) in [5.74, 6) is 0.882. The second-order valence-corrected chi connectivity index (χ2v) is 5.93. The number of hydrogen-bond acceptors (Lipinski definition) is 2. The Bertz CT molecular complexity index is 485. The van der Waals surface area contributed by atoms with Crippen LogP contribution in [0.25, 0.3) is 0 Å². The molecule has 0 spiro atoms. The van der Waals surface area contributed by atoms with Crippen molar-refractivity contribution in [1.82, 2.24) is 10.2 Å². The lowest BCUT2D eigenvalue weighted by Gasteiger charge is -2.32. The van der Waals surface area contributed by atoms with Gasteiger partial charge in [0.25, 0.3) is 0 Å². The molecule has 0 radical (unpaired) electrons. The molecule has 19 heavy (non-hydrogen) atoms. The fourth-order valence-corrected chi connectivity index (χ4v) is 3.40. The van der Waals surface area contributed by atoms with E-state index in [9.17, 15) is 4.79 Å². The van der Waals surface area contributed by atoms with Gasteiger partial charge in [-0.25, -0.2) is 0 Å². The molecule has 3 heteroatoms. The molecule has 0 aromatic heterocycles. The van der Waals surface area contributed by atoms with E-state index in [1.807, 2.05) is 11.9 Å². The Kier molecular flexibility index (Phi) is 3.31. The first-order chi connectivity index (χ1) is 9.16. The quantitative estimate of drug-likeness (QED) is 0.883. The predicted octanol–water partition coefficient (Wildman–Crippen LogP) is 2.45. The van der Waals surface area contributed by atoms with Crippen molar-refractivity contribution in [3.05, 3.63) is 35.4 Å². The van der Waals surface area contributed by atoms with Crippen LogP contribution in [0.4, 0.5) is 0 Å². The van der Waals surface area contributed by atoms with Crippen LogP contribution in [0.1, 0.15) is 49.3 Å². The first-order valence-corrected chi connectivity index (χ1v) is 7.26. The summed E-state index contributed by atoms with van der Waals surface area (Å²) >= 11 is 0. The van der Waals surface area contributed by atoms with Gasteiger partial charge >= 0.3 is 0 Å². The van der Waals surface area contributed by atoms with Gasteiger partial charge in [-0.15, -0.1) is 0 Å². The number of hydrogen-bond donors (Lipinski definition) is 1. The maximum atomic E-state index is 12.0. The fraction of sp³-hybridized carbons (Fsp3) is 0.562. The number of likely N-dealkylation sites (tertiary alicyclic amines) is 1. The molecule has 1 heterocycles. The van der Waals surface area contributed by atoms with E-state index in [1.54, 1.807) is 0 Å². The summed E-state index contributed by atoms with van der Waals surface area (Å²) in [6.45, 7) is 3.17. The molecule has 0 bridgehead atoms. The highest BCUT2D eigenvalue weighted by atomic mass is 16.2. The number of amides is 1. The van der Waals surface area contributed by atoms with Crippen molar-refractivity contribution in [1.29, 1.82) is 0 Å². The van der Waals surface area contributed by atoms with Gasteiger partial charge in [0.1, 0.15) is 0 Å². The van der Waals surface area contributed by atoms with E-state index in [4.69, 9.17) is 0 Å². The van der Waals surface area contributed by atoms with Crippen LogP contribution >= 0.6 is 0 Å². The molecule has 3 unspecified atom stereocenters. The van der Waals surface area contributed by atoms with Gasteiger partial charge in [0.2, 0.25) is 5.91 Å². The average molecular weight is 258 g/mol. The molecule has 2 aliphatic rings. The predicted molar refractivity (Wildman–Crippen MR) is 76.0 cm³/mol. The van der Waals surface area contributed by atoms with Crippen molar-refractivity contribution in [3.8, 4) is 0 Å². The summed E-state index contributed by atoms with van der Waals surface area (Å²) < 4.78 is 0.